The van der Waals surface area contributed by atoms with Gasteiger partial charge in [0.15, 0.2) is 0 Å². The predicted octanol–water partition coefficient (Wildman–Crippen LogP) is 1.63. The minimum absolute atomic E-state index is 0.00137. The van der Waals surface area contributed by atoms with E-state index in [0.29, 0.717) is 11.4 Å². The number of hydrogen-bond donors (Lipinski definition) is 4. The third-order valence-corrected chi connectivity index (χ3v) is 3.70. The van der Waals surface area contributed by atoms with Crippen LogP contribution in [0.3, 0.4) is 0 Å². The van der Waals surface area contributed by atoms with Crippen LogP contribution in [0, 0.1) is 6.92 Å². The molecule has 116 valence electrons. The van der Waals surface area contributed by atoms with E-state index in [-0.39, 0.29) is 17.8 Å². The third kappa shape index (κ3) is 3.98. The van der Waals surface area contributed by atoms with Gasteiger partial charge in [-0.2, -0.15) is 0 Å². The molecule has 21 heavy (non-hydrogen) atoms. The molecule has 1 aliphatic heterocycles. The number of H-pyrrole nitrogens is 1. The predicted molar refractivity (Wildman–Crippen MR) is 79.8 cm³/mol. The Morgan fingerprint density at radius 2 is 2.29 bits per heavy atom. The molecular weight excluding hydrogens is 272 g/mol. The first kappa shape index (κ1) is 15.4. The summed E-state index contributed by atoms with van der Waals surface area (Å²) in [6.07, 6.45) is 2.00. The van der Waals surface area contributed by atoms with E-state index in [1.807, 2.05) is 0 Å². The van der Waals surface area contributed by atoms with Crippen LogP contribution in [-0.2, 0) is 0 Å². The van der Waals surface area contributed by atoms with Gasteiger partial charge in [-0.1, -0.05) is 6.92 Å². The fraction of sp³-hybridized carbons (Fsp3) is 0.571. The lowest BCUT2D eigenvalue weighted by molar-refractivity contribution is 0.0692. The Morgan fingerprint density at radius 3 is 2.95 bits per heavy atom. The molecule has 7 heteroatoms. The lowest BCUT2D eigenvalue weighted by atomic mass is 10.1. The fourth-order valence-corrected chi connectivity index (χ4v) is 2.66. The number of carbonyl (C=O) groups is 2. The van der Waals surface area contributed by atoms with Crippen molar-refractivity contribution >= 4 is 17.7 Å². The number of carboxylic acids is 1. The fourth-order valence-electron chi connectivity index (χ4n) is 2.66. The zero-order chi connectivity index (χ0) is 15.4. The number of piperidine rings is 1. The minimum atomic E-state index is -1.09. The number of rotatable bonds is 4. The van der Waals surface area contributed by atoms with Gasteiger partial charge in [0.05, 0.1) is 5.69 Å². The topological polar surface area (TPSA) is 97.5 Å². The number of nitrogens with zero attached hydrogens (tertiary/aromatic N) is 1. The van der Waals surface area contributed by atoms with Gasteiger partial charge in [-0.15, -0.1) is 0 Å². The van der Waals surface area contributed by atoms with Gasteiger partial charge in [-0.25, -0.2) is 9.59 Å². The standard InChI is InChI=1S/C14H22N4O3/c1-3-18-6-4-5-10(8-18)16-14(21)17-11-7-9(2)15-12(11)13(19)20/h7,10,15H,3-6,8H2,1-2H3,(H,19,20)(H2,16,17,21). The van der Waals surface area contributed by atoms with Gasteiger partial charge in [0, 0.05) is 18.3 Å². The lowest BCUT2D eigenvalue weighted by Gasteiger charge is -2.32. The molecule has 0 aliphatic carbocycles. The molecule has 1 unspecified atom stereocenters. The number of carbonyl (C=O) groups excluding carboxylic acids is 1. The zero-order valence-corrected chi connectivity index (χ0v) is 12.4. The molecule has 2 heterocycles. The summed E-state index contributed by atoms with van der Waals surface area (Å²) in [7, 11) is 0. The summed E-state index contributed by atoms with van der Waals surface area (Å²) in [4.78, 5) is 28.1. The molecule has 1 aromatic heterocycles. The number of hydrogen-bond acceptors (Lipinski definition) is 3. The molecule has 1 fully saturated rings. The highest BCUT2D eigenvalue weighted by Crippen LogP contribution is 2.17. The Bertz CT molecular complexity index is 526. The number of aromatic nitrogens is 1. The Labute approximate surface area is 123 Å². The summed E-state index contributed by atoms with van der Waals surface area (Å²) in [5.41, 5.74) is 0.986. The SMILES string of the molecule is CCN1CCCC(NC(=O)Nc2cc(C)[nH]c2C(=O)O)C1. The van der Waals surface area contributed by atoms with E-state index in [2.05, 4.69) is 27.4 Å². The van der Waals surface area contributed by atoms with Crippen LogP contribution in [0.25, 0.3) is 0 Å². The number of likely N-dealkylation sites (N-methyl/N-ethyl adjacent to an activating group) is 1. The van der Waals surface area contributed by atoms with Gasteiger partial charge < -0.3 is 25.6 Å². The van der Waals surface area contributed by atoms with Crippen LogP contribution >= 0.6 is 0 Å². The number of aromatic carboxylic acids is 1. The second-order valence-electron chi connectivity index (χ2n) is 5.38. The van der Waals surface area contributed by atoms with Crippen LogP contribution in [0.2, 0.25) is 0 Å². The van der Waals surface area contributed by atoms with Crippen molar-refractivity contribution < 1.29 is 14.7 Å². The van der Waals surface area contributed by atoms with Crippen molar-refractivity contribution in [1.82, 2.24) is 15.2 Å². The van der Waals surface area contributed by atoms with Crippen molar-refractivity contribution in [3.8, 4) is 0 Å². The summed E-state index contributed by atoms with van der Waals surface area (Å²) in [6, 6.07) is 1.36. The van der Waals surface area contributed by atoms with Crippen LogP contribution in [0.5, 0.6) is 0 Å². The highest BCUT2D eigenvalue weighted by molar-refractivity contribution is 5.99. The van der Waals surface area contributed by atoms with Gasteiger partial charge >= 0.3 is 12.0 Å². The number of anilines is 1. The van der Waals surface area contributed by atoms with Gasteiger partial charge in [-0.3, -0.25) is 0 Å². The van der Waals surface area contributed by atoms with Crippen LogP contribution in [0.1, 0.15) is 35.9 Å². The van der Waals surface area contributed by atoms with Gasteiger partial charge in [-0.05, 0) is 38.9 Å². The van der Waals surface area contributed by atoms with Crippen LogP contribution < -0.4 is 10.6 Å². The average molecular weight is 294 g/mol. The smallest absolute Gasteiger partial charge is 0.354 e. The number of urea groups is 1. The molecule has 1 atom stereocenters. The molecule has 2 amide bonds. The summed E-state index contributed by atoms with van der Waals surface area (Å²) in [5, 5.41) is 14.6. The van der Waals surface area contributed by atoms with E-state index in [1.54, 1.807) is 13.0 Å². The van der Waals surface area contributed by atoms with E-state index in [9.17, 15) is 9.59 Å². The molecule has 4 N–H and O–H groups in total. The maximum Gasteiger partial charge on any atom is 0.354 e. The van der Waals surface area contributed by atoms with E-state index < -0.39 is 5.97 Å². The van der Waals surface area contributed by atoms with Crippen molar-refractivity contribution in [1.29, 1.82) is 0 Å². The molecule has 0 spiro atoms. The molecular formula is C14H22N4O3. The van der Waals surface area contributed by atoms with Crippen LogP contribution in [0.4, 0.5) is 10.5 Å². The molecule has 1 saturated heterocycles. The van der Waals surface area contributed by atoms with Crippen LogP contribution in [-0.4, -0.2) is 52.7 Å². The quantitative estimate of drug-likeness (QED) is 0.678. The highest BCUT2D eigenvalue weighted by atomic mass is 16.4. The van der Waals surface area contributed by atoms with Crippen molar-refractivity contribution in [2.75, 3.05) is 25.0 Å². The van der Waals surface area contributed by atoms with E-state index in [4.69, 9.17) is 5.11 Å². The first-order chi connectivity index (χ1) is 9.99. The second-order valence-corrected chi connectivity index (χ2v) is 5.38. The molecule has 0 saturated carbocycles. The number of carboxylic acid groups (broad SMARTS) is 1. The summed E-state index contributed by atoms with van der Waals surface area (Å²) in [6.45, 7) is 6.72. The molecule has 0 radical (unpaired) electrons. The van der Waals surface area contributed by atoms with E-state index >= 15 is 0 Å². The summed E-state index contributed by atoms with van der Waals surface area (Å²) >= 11 is 0. The lowest BCUT2D eigenvalue weighted by Crippen LogP contribution is -2.48. The van der Waals surface area contributed by atoms with Gasteiger partial charge in [0.1, 0.15) is 5.69 Å². The largest absolute Gasteiger partial charge is 0.477 e. The molecule has 0 bridgehead atoms. The third-order valence-electron chi connectivity index (χ3n) is 3.70. The second kappa shape index (κ2) is 6.62. The molecule has 2 rings (SSSR count). The first-order valence-electron chi connectivity index (χ1n) is 7.22. The maximum atomic E-state index is 12.0. The normalized spacial score (nSPS) is 19.2. The summed E-state index contributed by atoms with van der Waals surface area (Å²) < 4.78 is 0. The molecule has 7 nitrogen and oxygen atoms in total. The summed E-state index contributed by atoms with van der Waals surface area (Å²) in [5.74, 6) is -1.09. The Kier molecular flexibility index (Phi) is 4.85. The number of aromatic amines is 1. The monoisotopic (exact) mass is 294 g/mol. The van der Waals surface area contributed by atoms with Gasteiger partial charge in [0.2, 0.25) is 0 Å². The Balaban J connectivity index is 1.94. The van der Waals surface area contributed by atoms with Crippen molar-refractivity contribution in [2.45, 2.75) is 32.7 Å². The highest BCUT2D eigenvalue weighted by Gasteiger charge is 2.21. The van der Waals surface area contributed by atoms with Crippen LogP contribution in [0.15, 0.2) is 6.07 Å². The van der Waals surface area contributed by atoms with Crippen molar-refractivity contribution in [3.05, 3.63) is 17.5 Å². The zero-order valence-electron chi connectivity index (χ0n) is 12.4. The molecule has 1 aliphatic rings. The van der Waals surface area contributed by atoms with E-state index in [1.165, 1.54) is 0 Å². The Hall–Kier alpha value is -2.02. The number of nitrogens with one attached hydrogen (secondary N) is 3. The number of amides is 2. The first-order valence-corrected chi connectivity index (χ1v) is 7.22. The average Bonchev–Trinajstić information content (AvgIpc) is 2.79. The van der Waals surface area contributed by atoms with Crippen molar-refractivity contribution in [2.24, 2.45) is 0 Å². The number of likely N-dealkylation sites (tertiary alicyclic amines) is 1. The molecule has 0 aromatic carbocycles. The number of aryl methyl sites for hydroxylation is 1. The van der Waals surface area contributed by atoms with Crippen molar-refractivity contribution in [3.63, 3.8) is 0 Å². The van der Waals surface area contributed by atoms with E-state index in [0.717, 1.165) is 32.5 Å². The minimum Gasteiger partial charge on any atom is -0.477 e. The maximum absolute atomic E-state index is 12.0. The van der Waals surface area contributed by atoms with Gasteiger partial charge in [0.25, 0.3) is 0 Å². The Morgan fingerprint density at radius 1 is 1.52 bits per heavy atom. The molecule has 1 aromatic rings.